The average Bonchev–Trinajstić information content (AvgIpc) is 1.75. The monoisotopic (exact) mass is 1660 g/mol. The highest BCUT2D eigenvalue weighted by molar-refractivity contribution is 6.02. The predicted octanol–water partition coefficient (Wildman–Crippen LogP) is -5.83. The predicted molar refractivity (Wildman–Crippen MR) is 408 cm³/mol. The summed E-state index contributed by atoms with van der Waals surface area (Å²) < 4.78 is 10.7. The largest absolute Gasteiger partial charge is 0.481 e. The topological polar surface area (TPSA) is 702 Å². The number of aliphatic hydroxyl groups excluding tert-OH is 1. The number of cyclic esters (lactones) is 1. The third-order valence-electron chi connectivity index (χ3n) is 19.1. The molecule has 2 aromatic rings. The van der Waals surface area contributed by atoms with Gasteiger partial charge in [0.25, 0.3) is 0 Å². The van der Waals surface area contributed by atoms with Gasteiger partial charge in [-0.3, -0.25) is 86.3 Å². The van der Waals surface area contributed by atoms with Crippen molar-refractivity contribution >= 4 is 129 Å². The van der Waals surface area contributed by atoms with Crippen LogP contribution in [0.2, 0.25) is 0 Å². The first-order valence-corrected chi connectivity index (χ1v) is 38.0. The minimum absolute atomic E-state index is 0.00540. The maximum Gasteiger partial charge on any atom is 0.335 e. The maximum atomic E-state index is 15.0. The Morgan fingerprint density at radius 3 is 1.79 bits per heavy atom. The minimum Gasteiger partial charge on any atom is -0.481 e. The van der Waals surface area contributed by atoms with Crippen molar-refractivity contribution in [3.05, 3.63) is 36.0 Å². The molecule has 0 bridgehead atoms. The summed E-state index contributed by atoms with van der Waals surface area (Å²) in [6.07, 6.45) is -6.91. The molecule has 44 nitrogen and oxygen atoms in total. The number of ether oxygens (including phenoxy) is 2. The Labute approximate surface area is 672 Å². The van der Waals surface area contributed by atoms with Gasteiger partial charge in [-0.1, -0.05) is 84.4 Å². The maximum absolute atomic E-state index is 15.0. The van der Waals surface area contributed by atoms with Crippen LogP contribution in [0.15, 0.2) is 30.5 Å². The molecule has 1 fully saturated rings. The van der Waals surface area contributed by atoms with Crippen molar-refractivity contribution in [2.75, 3.05) is 33.8 Å². The smallest absolute Gasteiger partial charge is 0.335 e. The molecule has 1 aromatic heterocycles. The van der Waals surface area contributed by atoms with Crippen molar-refractivity contribution in [3.8, 4) is 0 Å². The summed E-state index contributed by atoms with van der Waals surface area (Å²) in [5, 5.41) is 78.1. The second kappa shape index (κ2) is 49.7. The van der Waals surface area contributed by atoms with Gasteiger partial charge in [0.1, 0.15) is 72.6 Å². The van der Waals surface area contributed by atoms with Crippen LogP contribution >= 0.6 is 0 Å². The van der Waals surface area contributed by atoms with Crippen molar-refractivity contribution in [1.82, 2.24) is 73.7 Å². The Balaban J connectivity index is 2.28. The Kier molecular flexibility index (Phi) is 42.2. The van der Waals surface area contributed by atoms with E-state index in [-0.39, 0.29) is 45.1 Å². The molecule has 2 heterocycles. The number of unbranched alkanes of at least 4 members (excludes halogenated alkanes) is 4. The zero-order valence-electron chi connectivity index (χ0n) is 66.4. The van der Waals surface area contributed by atoms with Crippen molar-refractivity contribution in [1.29, 1.82) is 0 Å². The highest BCUT2D eigenvalue weighted by Gasteiger charge is 2.44. The molecule has 117 heavy (non-hydrogen) atoms. The van der Waals surface area contributed by atoms with Gasteiger partial charge in [-0.25, -0.2) is 9.59 Å². The number of nitrogens with zero attached hydrogens (tertiary/aromatic N) is 1. The lowest BCUT2D eigenvalue weighted by atomic mass is 9.98. The molecule has 0 saturated carbocycles. The lowest BCUT2D eigenvalue weighted by Gasteiger charge is -2.32. The number of esters is 1. The second-order valence-electron chi connectivity index (χ2n) is 28.4. The Morgan fingerprint density at radius 1 is 0.615 bits per heavy atom. The van der Waals surface area contributed by atoms with Gasteiger partial charge in [-0.2, -0.15) is 0 Å². The Hall–Kier alpha value is -12.0. The van der Waals surface area contributed by atoms with E-state index in [4.69, 9.17) is 26.7 Å². The number of amides is 15. The molecule has 0 aliphatic carbocycles. The molecule has 0 spiro atoms. The Morgan fingerprint density at radius 2 is 1.21 bits per heavy atom. The summed E-state index contributed by atoms with van der Waals surface area (Å²) in [7, 11) is 1.70. The number of benzene rings is 1. The molecule has 1 saturated heterocycles. The number of aromatic nitrogens is 1. The van der Waals surface area contributed by atoms with Gasteiger partial charge < -0.3 is 126 Å². The van der Waals surface area contributed by atoms with Gasteiger partial charge >= 0.3 is 29.8 Å². The summed E-state index contributed by atoms with van der Waals surface area (Å²) in [6.45, 7) is 6.67. The highest BCUT2D eigenvalue weighted by Crippen LogP contribution is 2.22. The van der Waals surface area contributed by atoms with E-state index in [0.717, 1.165) is 53.7 Å². The van der Waals surface area contributed by atoms with E-state index in [1.165, 1.54) is 13.8 Å². The average molecular weight is 1660 g/mol. The molecule has 3 rings (SSSR count). The summed E-state index contributed by atoms with van der Waals surface area (Å²) in [5.41, 5.74) is 17.8. The number of primary amides is 2. The van der Waals surface area contributed by atoms with Crippen LogP contribution in [0.5, 0.6) is 0 Å². The number of nitrogens with one attached hydrogen (secondary N) is 13. The van der Waals surface area contributed by atoms with E-state index >= 15 is 0 Å². The number of methoxy groups -OCH3 is 1. The van der Waals surface area contributed by atoms with Crippen LogP contribution in [0.3, 0.4) is 0 Å². The number of H-pyrrole nitrogens is 1. The molecule has 1 aromatic carbocycles. The van der Waals surface area contributed by atoms with Crippen LogP contribution in [0.1, 0.15) is 156 Å². The summed E-state index contributed by atoms with van der Waals surface area (Å²) in [6, 6.07) is -15.7. The van der Waals surface area contributed by atoms with Crippen LogP contribution in [0, 0.1) is 11.8 Å². The van der Waals surface area contributed by atoms with Crippen LogP contribution < -0.4 is 81.0 Å². The molecular weight excluding hydrogens is 1550 g/mol. The van der Waals surface area contributed by atoms with Gasteiger partial charge in [0.2, 0.25) is 88.6 Å². The first kappa shape index (κ1) is 99.2. The van der Waals surface area contributed by atoms with Crippen LogP contribution in [0.4, 0.5) is 0 Å². The number of carbonyl (C=O) groups is 20. The number of likely N-dealkylation sites (N-methyl/N-ethyl adjacent to an activating group) is 1. The third kappa shape index (κ3) is 33.8. The lowest BCUT2D eigenvalue weighted by molar-refractivity contribution is -0.159. The van der Waals surface area contributed by atoms with Crippen LogP contribution in [-0.2, 0) is 112 Å². The molecule has 1 unspecified atom stereocenters. The lowest BCUT2D eigenvalue weighted by Crippen LogP contribution is -2.64. The fraction of sp³-hybridized carbons (Fsp3) is 0.616. The standard InChI is InChI=1S/C73H111N17O27/c1-9-35(3)19-13-11-12-14-23-49(92)80-45(29-39-32-77-41-21-16-15-20-40(39)41)66(107)83-44(25-27-53(97)98)65(106)88-57(59(101)61(76)102)70(111)87-56-38(6)117-73(115)55(36(4)10-2)86-64(105)43(24-26-52(95)96)84-67(108)46(30-48(75)91)81-50(93)33-78-69(110)58(60(116-8)72(113)114)89-63(104)42(22-17-18-28-74)82-68(109)47(31-54(99)100)85-62(103)37(5)79-51(94)34-90(7)71(56)112/h15-16,20-21,32,35-38,42-47,55-60,77,101H,9-14,17-19,22-31,33-34,74H2,1-8H3,(H2,75,91)(H2,76,102)(H,78,110)(H,79,94)(H,80,92)(H,81,93)(H,82,109)(H,83,107)(H,84,108)(H,85,103)(H,86,105)(H,87,111)(H,88,106)(H,89,104)(H,95,96)(H,97,98)(H,99,100)(H,113,114)/t35?,36-,37-,38+,42+,43-,44+,45-,46+,47-,55-,56-,57-,58-,59+,60+/m0/s1. The van der Waals surface area contributed by atoms with E-state index < -0.39 is 261 Å². The number of carboxylic acid groups (broad SMARTS) is 4. The first-order valence-electron chi connectivity index (χ1n) is 38.0. The van der Waals surface area contributed by atoms with E-state index in [2.05, 4.69) is 72.0 Å². The van der Waals surface area contributed by atoms with E-state index in [0.29, 0.717) is 40.1 Å². The first-order chi connectivity index (χ1) is 55.1. The van der Waals surface area contributed by atoms with Crippen LogP contribution in [-0.4, -0.2) is 272 Å². The fourth-order valence-electron chi connectivity index (χ4n) is 12.0. The quantitative estimate of drug-likeness (QED) is 0.0220. The molecule has 24 N–H and O–H groups in total. The zero-order chi connectivity index (χ0) is 88.1. The van der Waals surface area contributed by atoms with Crippen molar-refractivity contribution in [2.24, 2.45) is 29.0 Å². The number of carboxylic acids is 4. The van der Waals surface area contributed by atoms with Crippen molar-refractivity contribution < 1.29 is 131 Å². The van der Waals surface area contributed by atoms with E-state index in [9.17, 15) is 121 Å². The third-order valence-corrected chi connectivity index (χ3v) is 19.1. The van der Waals surface area contributed by atoms with Crippen molar-refractivity contribution in [2.45, 2.75) is 242 Å². The van der Waals surface area contributed by atoms with Gasteiger partial charge in [0, 0.05) is 56.9 Å². The van der Waals surface area contributed by atoms with Gasteiger partial charge in [0.15, 0.2) is 12.2 Å². The van der Waals surface area contributed by atoms with Gasteiger partial charge in [0.05, 0.1) is 25.9 Å². The molecule has 1 aliphatic heterocycles. The number of fused-ring (bicyclic) bond motifs is 1. The van der Waals surface area contributed by atoms with E-state index in [1.54, 1.807) is 30.5 Å². The normalized spacial score (nSPS) is 22.0. The fourth-order valence-corrected chi connectivity index (χ4v) is 12.0. The SMILES string of the molecule is CCC(C)CCCCCCC(=O)N[C@@H](Cc1c[nH]c2ccccc12)C(=O)N[C@H](CCC(=O)O)C(=O)N[C@H](C(=O)N[C@@H]1C(=O)N(C)CC(=O)N[C@@H](C)C(=O)N[C@@H](CC(=O)O)C(=O)N[C@H](CCCCN)C(=O)N[C@@H]([C@@H](OC)C(=O)O)C(=O)NCC(=O)N[C@H](CC(N)=O)C(=O)N[C@@H](CCC(=O)O)C(=O)N[C@@H]([C@@H](C)CC)C(=O)O[C@@H]1C)[C@@H](O)C(N)=O. The Bertz CT molecular complexity index is 3880. The second-order valence-corrected chi connectivity index (χ2v) is 28.4. The highest BCUT2D eigenvalue weighted by atomic mass is 16.5. The number of aliphatic carboxylic acids is 4. The van der Waals surface area contributed by atoms with Crippen LogP contribution in [0.25, 0.3) is 10.9 Å². The van der Waals surface area contributed by atoms with E-state index in [1.807, 2.05) is 10.6 Å². The number of hydrogen-bond acceptors (Lipinski definition) is 24. The molecule has 16 atom stereocenters. The molecule has 650 valence electrons. The summed E-state index contributed by atoms with van der Waals surface area (Å²) in [5.74, 6) is -29.0. The molecule has 0 radical (unpaired) electrons. The number of aliphatic hydroxyl groups is 1. The van der Waals surface area contributed by atoms with Gasteiger partial charge in [-0.05, 0) is 82.4 Å². The summed E-state index contributed by atoms with van der Waals surface area (Å²) >= 11 is 0. The number of nitrogens with two attached hydrogens (primary N) is 3. The minimum atomic E-state index is -2.80. The van der Waals surface area contributed by atoms with Crippen molar-refractivity contribution in [3.63, 3.8) is 0 Å². The molecule has 44 heteroatoms. The molecular formula is C73H111N17O27. The summed E-state index contributed by atoms with van der Waals surface area (Å²) in [4.78, 5) is 277. The number of aromatic amines is 1. The number of hydrogen-bond donors (Lipinski definition) is 21. The zero-order valence-corrected chi connectivity index (χ0v) is 66.4. The number of carbonyl (C=O) groups excluding carboxylic acids is 16. The molecule has 15 amide bonds. The molecule has 1 aliphatic rings. The number of rotatable bonds is 38. The number of para-hydroxylation sites is 1. The van der Waals surface area contributed by atoms with Gasteiger partial charge in [-0.15, -0.1) is 0 Å².